The number of aromatic nitrogens is 2. The van der Waals surface area contributed by atoms with Gasteiger partial charge in [0.05, 0.1) is 11.4 Å². The van der Waals surface area contributed by atoms with Crippen LogP contribution in [0, 0.1) is 12.8 Å². The van der Waals surface area contributed by atoms with Crippen molar-refractivity contribution in [1.82, 2.24) is 9.78 Å². The molecule has 0 saturated heterocycles. The van der Waals surface area contributed by atoms with Crippen molar-refractivity contribution in [2.75, 3.05) is 10.6 Å². The smallest absolute Gasteiger partial charge is 0.291 e. The number of nitrogens with one attached hydrogen (secondary N) is 2. The summed E-state index contributed by atoms with van der Waals surface area (Å²) in [6, 6.07) is 16.3. The lowest BCUT2D eigenvalue weighted by Crippen LogP contribution is -2.33. The summed E-state index contributed by atoms with van der Waals surface area (Å²) < 4.78 is 1.79. The molecule has 0 radical (unpaired) electrons. The fourth-order valence-corrected chi connectivity index (χ4v) is 3.15. The van der Waals surface area contributed by atoms with Crippen LogP contribution in [0.5, 0.6) is 0 Å². The summed E-state index contributed by atoms with van der Waals surface area (Å²) in [5.74, 6) is -1.01. The first-order valence-corrected chi connectivity index (χ1v) is 10.6. The van der Waals surface area contributed by atoms with Gasteiger partial charge in [-0.15, -0.1) is 0 Å². The SMILES string of the molecule is Cc1ccc(-c2cc(NC(=O)C(C)C)c(=O)n(CC(=O)Nc3ccccc3Br)n2)cc1. The fraction of sp³-hybridized carbons (Fsp3) is 0.217. The lowest BCUT2D eigenvalue weighted by molar-refractivity contribution is -0.119. The van der Waals surface area contributed by atoms with Crippen LogP contribution in [-0.2, 0) is 16.1 Å². The van der Waals surface area contributed by atoms with Crippen molar-refractivity contribution in [1.29, 1.82) is 0 Å². The molecule has 0 saturated carbocycles. The van der Waals surface area contributed by atoms with Crippen molar-refractivity contribution in [3.8, 4) is 11.3 Å². The van der Waals surface area contributed by atoms with Gasteiger partial charge in [-0.3, -0.25) is 14.4 Å². The lowest BCUT2D eigenvalue weighted by Gasteiger charge is -2.13. The highest BCUT2D eigenvalue weighted by molar-refractivity contribution is 9.10. The summed E-state index contributed by atoms with van der Waals surface area (Å²) in [5, 5.41) is 9.78. The Morgan fingerprint density at radius 1 is 1.03 bits per heavy atom. The van der Waals surface area contributed by atoms with Gasteiger partial charge in [0.15, 0.2) is 0 Å². The van der Waals surface area contributed by atoms with Crippen LogP contribution in [-0.4, -0.2) is 21.6 Å². The van der Waals surface area contributed by atoms with Crippen LogP contribution >= 0.6 is 15.9 Å². The Hall–Kier alpha value is -3.26. The minimum absolute atomic E-state index is 0.0815. The Labute approximate surface area is 188 Å². The molecule has 0 unspecified atom stereocenters. The van der Waals surface area contributed by atoms with E-state index in [1.165, 1.54) is 6.07 Å². The number of anilines is 2. The van der Waals surface area contributed by atoms with Crippen molar-refractivity contribution < 1.29 is 9.59 Å². The lowest BCUT2D eigenvalue weighted by atomic mass is 10.1. The molecule has 1 heterocycles. The molecule has 0 bridgehead atoms. The monoisotopic (exact) mass is 482 g/mol. The molecule has 3 aromatic rings. The zero-order chi connectivity index (χ0) is 22.5. The second-order valence-electron chi connectivity index (χ2n) is 7.44. The van der Waals surface area contributed by atoms with Gasteiger partial charge in [0.2, 0.25) is 11.8 Å². The molecule has 1 aromatic heterocycles. The molecule has 0 aliphatic carbocycles. The molecule has 31 heavy (non-hydrogen) atoms. The average Bonchev–Trinajstić information content (AvgIpc) is 2.73. The molecule has 7 nitrogen and oxygen atoms in total. The number of hydrogen-bond donors (Lipinski definition) is 2. The summed E-state index contributed by atoms with van der Waals surface area (Å²) in [4.78, 5) is 37.7. The highest BCUT2D eigenvalue weighted by atomic mass is 79.9. The minimum atomic E-state index is -0.549. The van der Waals surface area contributed by atoms with Gasteiger partial charge in [-0.2, -0.15) is 5.10 Å². The summed E-state index contributed by atoms with van der Waals surface area (Å²) in [6.07, 6.45) is 0. The molecule has 0 aliphatic rings. The Morgan fingerprint density at radius 2 is 1.71 bits per heavy atom. The number of amides is 2. The quantitative estimate of drug-likeness (QED) is 0.549. The standard InChI is InChI=1S/C23H23BrN4O3/c1-14(2)22(30)26-20-12-19(16-10-8-15(3)9-11-16)27-28(23(20)31)13-21(29)25-18-7-5-4-6-17(18)24/h4-12,14H,13H2,1-3H3,(H,25,29)(H,26,30). The van der Waals surface area contributed by atoms with Crippen LogP contribution in [0.4, 0.5) is 11.4 Å². The number of halogens is 1. The first-order chi connectivity index (χ1) is 14.7. The summed E-state index contributed by atoms with van der Waals surface area (Å²) in [7, 11) is 0. The maximum absolute atomic E-state index is 12.9. The van der Waals surface area contributed by atoms with Crippen molar-refractivity contribution >= 4 is 39.1 Å². The van der Waals surface area contributed by atoms with Crippen LogP contribution in [0.3, 0.4) is 0 Å². The van der Waals surface area contributed by atoms with E-state index in [2.05, 4.69) is 31.7 Å². The number of carbonyl (C=O) groups is 2. The molecule has 2 N–H and O–H groups in total. The molecule has 8 heteroatoms. The van der Waals surface area contributed by atoms with Crippen LogP contribution in [0.25, 0.3) is 11.3 Å². The van der Waals surface area contributed by atoms with E-state index in [1.807, 2.05) is 37.3 Å². The van der Waals surface area contributed by atoms with E-state index in [4.69, 9.17) is 0 Å². The molecular weight excluding hydrogens is 460 g/mol. The maximum atomic E-state index is 12.9. The molecule has 0 atom stereocenters. The number of nitrogens with zero attached hydrogens (tertiary/aromatic N) is 2. The number of hydrogen-bond acceptors (Lipinski definition) is 4. The van der Waals surface area contributed by atoms with E-state index in [-0.39, 0.29) is 24.1 Å². The summed E-state index contributed by atoms with van der Waals surface area (Å²) in [6.45, 7) is 5.14. The topological polar surface area (TPSA) is 93.1 Å². The predicted molar refractivity (Wildman–Crippen MR) is 125 cm³/mol. The molecule has 2 amide bonds. The second-order valence-corrected chi connectivity index (χ2v) is 8.30. The van der Waals surface area contributed by atoms with Gasteiger partial charge in [-0.05, 0) is 41.1 Å². The normalized spacial score (nSPS) is 10.7. The molecule has 0 spiro atoms. The molecule has 0 aliphatic heterocycles. The number of carbonyl (C=O) groups excluding carboxylic acids is 2. The van der Waals surface area contributed by atoms with Crippen LogP contribution in [0.15, 0.2) is 63.9 Å². The van der Waals surface area contributed by atoms with Gasteiger partial charge in [0, 0.05) is 16.0 Å². The third-order valence-electron chi connectivity index (χ3n) is 4.55. The third-order valence-corrected chi connectivity index (χ3v) is 5.24. The molecular formula is C23H23BrN4O3. The highest BCUT2D eigenvalue weighted by Gasteiger charge is 2.16. The number of rotatable bonds is 6. The van der Waals surface area contributed by atoms with E-state index in [1.54, 1.807) is 32.0 Å². The van der Waals surface area contributed by atoms with Crippen LogP contribution in [0.2, 0.25) is 0 Å². The molecule has 0 fully saturated rings. The molecule has 2 aromatic carbocycles. The number of aryl methyl sites for hydroxylation is 1. The van der Waals surface area contributed by atoms with Crippen LogP contribution < -0.4 is 16.2 Å². The van der Waals surface area contributed by atoms with Gasteiger partial charge >= 0.3 is 0 Å². The van der Waals surface area contributed by atoms with E-state index in [0.717, 1.165) is 20.3 Å². The second kappa shape index (κ2) is 9.70. The van der Waals surface area contributed by atoms with Crippen molar-refractivity contribution in [2.45, 2.75) is 27.3 Å². The van der Waals surface area contributed by atoms with Crippen molar-refractivity contribution in [3.63, 3.8) is 0 Å². The van der Waals surface area contributed by atoms with Gasteiger partial charge < -0.3 is 10.6 Å². The Morgan fingerprint density at radius 3 is 2.35 bits per heavy atom. The zero-order valence-corrected chi connectivity index (χ0v) is 19.1. The number of benzene rings is 2. The van der Waals surface area contributed by atoms with E-state index >= 15 is 0 Å². The first kappa shape index (κ1) is 22.4. The van der Waals surface area contributed by atoms with Crippen LogP contribution in [0.1, 0.15) is 19.4 Å². The minimum Gasteiger partial charge on any atom is -0.323 e. The van der Waals surface area contributed by atoms with E-state index in [9.17, 15) is 14.4 Å². The predicted octanol–water partition coefficient (Wildman–Crippen LogP) is 4.21. The summed E-state index contributed by atoms with van der Waals surface area (Å²) in [5.41, 5.74) is 2.45. The highest BCUT2D eigenvalue weighted by Crippen LogP contribution is 2.22. The maximum Gasteiger partial charge on any atom is 0.291 e. The Balaban J connectivity index is 1.97. The van der Waals surface area contributed by atoms with E-state index in [0.29, 0.717) is 11.4 Å². The van der Waals surface area contributed by atoms with Crippen molar-refractivity contribution in [3.05, 3.63) is 75.0 Å². The third kappa shape index (κ3) is 5.67. The Kier molecular flexibility index (Phi) is 7.02. The van der Waals surface area contributed by atoms with Gasteiger partial charge in [0.25, 0.3) is 5.56 Å². The van der Waals surface area contributed by atoms with Gasteiger partial charge in [0.1, 0.15) is 12.2 Å². The first-order valence-electron chi connectivity index (χ1n) is 9.79. The van der Waals surface area contributed by atoms with Gasteiger partial charge in [-0.25, -0.2) is 4.68 Å². The van der Waals surface area contributed by atoms with E-state index < -0.39 is 11.5 Å². The fourth-order valence-electron chi connectivity index (χ4n) is 2.77. The van der Waals surface area contributed by atoms with Gasteiger partial charge in [-0.1, -0.05) is 55.8 Å². The Bertz CT molecular complexity index is 1170. The average molecular weight is 483 g/mol. The van der Waals surface area contributed by atoms with Crippen molar-refractivity contribution in [2.24, 2.45) is 5.92 Å². The largest absolute Gasteiger partial charge is 0.323 e. The number of para-hydroxylation sites is 1. The molecule has 160 valence electrons. The molecule has 3 rings (SSSR count). The summed E-state index contributed by atoms with van der Waals surface area (Å²) >= 11 is 3.38. The zero-order valence-electron chi connectivity index (χ0n) is 17.5.